The van der Waals surface area contributed by atoms with Crippen LogP contribution in [0.5, 0.6) is 5.75 Å². The van der Waals surface area contributed by atoms with E-state index >= 15 is 0 Å². The average Bonchev–Trinajstić information content (AvgIpc) is 3.48. The first kappa shape index (κ1) is 24.7. The van der Waals surface area contributed by atoms with Crippen LogP contribution in [0.3, 0.4) is 0 Å². The van der Waals surface area contributed by atoms with Gasteiger partial charge in [0.05, 0.1) is 18.1 Å². The Labute approximate surface area is 190 Å². The quantitative estimate of drug-likeness (QED) is 0.372. The first-order chi connectivity index (χ1) is 15.1. The van der Waals surface area contributed by atoms with E-state index in [1.165, 1.54) is 6.07 Å². The number of carbonyl (C=O) groups excluding carboxylic acids is 2. The van der Waals surface area contributed by atoms with Crippen molar-refractivity contribution >= 4 is 21.7 Å². The molecule has 1 aliphatic heterocycles. The fraction of sp³-hybridized carbons (Fsp3) is 0.667. The van der Waals surface area contributed by atoms with E-state index in [4.69, 9.17) is 4.74 Å². The van der Waals surface area contributed by atoms with Crippen molar-refractivity contribution in [3.05, 3.63) is 29.6 Å². The highest BCUT2D eigenvalue weighted by Gasteiger charge is 2.47. The summed E-state index contributed by atoms with van der Waals surface area (Å²) in [5.74, 6) is -0.360. The molecule has 0 bridgehead atoms. The molecule has 1 saturated heterocycles. The lowest BCUT2D eigenvalue weighted by Crippen LogP contribution is -2.40. The van der Waals surface area contributed by atoms with E-state index in [9.17, 15) is 22.4 Å². The van der Waals surface area contributed by atoms with Crippen LogP contribution in [0.25, 0.3) is 0 Å². The minimum absolute atomic E-state index is 0.0718. The number of imide groups is 1. The molecule has 2 amide bonds. The van der Waals surface area contributed by atoms with Gasteiger partial charge in [-0.1, -0.05) is 32.8 Å². The third-order valence-corrected chi connectivity index (χ3v) is 8.23. The Morgan fingerprint density at radius 2 is 1.94 bits per heavy atom. The van der Waals surface area contributed by atoms with Crippen LogP contribution in [0.1, 0.15) is 70.8 Å². The van der Waals surface area contributed by atoms with Gasteiger partial charge in [-0.05, 0) is 55.7 Å². The predicted octanol–water partition coefficient (Wildman–Crippen LogP) is 3.92. The largest absolute Gasteiger partial charge is 0.490 e. The van der Waals surface area contributed by atoms with Crippen molar-refractivity contribution in [3.63, 3.8) is 0 Å². The van der Waals surface area contributed by atoms with Gasteiger partial charge in [0.2, 0.25) is 11.8 Å². The Bertz CT molecular complexity index is 940. The standard InChI is InChI=1S/C24H34FNO5S/c1-17(2)15-31-21-14-19(8-9-20(21)25)24(11-12-24)16-32(29,30)13-5-3-4-6-18-7-10-22(27)26-23(18)28/h8-9,14,17-18H,3-7,10-13,15-16H2,1-2H3,(H,26,27,28). The van der Waals surface area contributed by atoms with Gasteiger partial charge < -0.3 is 4.74 Å². The topological polar surface area (TPSA) is 89.5 Å². The number of unbranched alkanes of at least 4 members (excludes halogenated alkanes) is 2. The molecule has 0 radical (unpaired) electrons. The molecular formula is C24H34FNO5S. The van der Waals surface area contributed by atoms with E-state index in [1.54, 1.807) is 12.1 Å². The third-order valence-electron chi connectivity index (χ3n) is 6.33. The number of amides is 2. The molecule has 32 heavy (non-hydrogen) atoms. The second kappa shape index (κ2) is 10.3. The maximum absolute atomic E-state index is 14.1. The number of rotatable bonds is 12. The lowest BCUT2D eigenvalue weighted by molar-refractivity contribution is -0.136. The molecule has 178 valence electrons. The molecule has 0 spiro atoms. The molecule has 2 aliphatic rings. The summed E-state index contributed by atoms with van der Waals surface area (Å²) in [5.41, 5.74) is 0.397. The van der Waals surface area contributed by atoms with Gasteiger partial charge in [-0.3, -0.25) is 14.9 Å². The lowest BCUT2D eigenvalue weighted by atomic mass is 9.92. The van der Waals surface area contributed by atoms with Crippen molar-refractivity contribution in [1.29, 1.82) is 0 Å². The van der Waals surface area contributed by atoms with Crippen molar-refractivity contribution in [2.45, 2.75) is 70.6 Å². The molecular weight excluding hydrogens is 433 g/mol. The van der Waals surface area contributed by atoms with Gasteiger partial charge >= 0.3 is 0 Å². The highest BCUT2D eigenvalue weighted by atomic mass is 32.2. The molecule has 6 nitrogen and oxygen atoms in total. The first-order valence-electron chi connectivity index (χ1n) is 11.6. The van der Waals surface area contributed by atoms with Crippen LogP contribution in [0, 0.1) is 17.7 Å². The number of piperidine rings is 1. The van der Waals surface area contributed by atoms with Gasteiger partial charge in [0.1, 0.15) is 0 Å². The lowest BCUT2D eigenvalue weighted by Gasteiger charge is -2.20. The highest BCUT2D eigenvalue weighted by Crippen LogP contribution is 2.50. The fourth-order valence-electron chi connectivity index (χ4n) is 4.26. The van der Waals surface area contributed by atoms with E-state index in [-0.39, 0.29) is 40.9 Å². The van der Waals surface area contributed by atoms with Crippen LogP contribution in [-0.4, -0.2) is 38.3 Å². The van der Waals surface area contributed by atoms with E-state index in [0.717, 1.165) is 31.2 Å². The Morgan fingerprint density at radius 1 is 1.19 bits per heavy atom. The molecule has 1 unspecified atom stereocenters. The average molecular weight is 468 g/mol. The van der Waals surface area contributed by atoms with Gasteiger partial charge in [-0.2, -0.15) is 0 Å². The van der Waals surface area contributed by atoms with Gasteiger partial charge in [0, 0.05) is 17.8 Å². The summed E-state index contributed by atoms with van der Waals surface area (Å²) in [6.07, 6.45) is 5.23. The number of benzene rings is 1. The van der Waals surface area contributed by atoms with Gasteiger partial charge in [-0.15, -0.1) is 0 Å². The van der Waals surface area contributed by atoms with Crippen LogP contribution in [0.2, 0.25) is 0 Å². The molecule has 8 heteroatoms. The Balaban J connectivity index is 1.48. The normalized spacial score (nSPS) is 20.3. The zero-order valence-electron chi connectivity index (χ0n) is 19.0. The number of ether oxygens (including phenoxy) is 1. The predicted molar refractivity (Wildman–Crippen MR) is 121 cm³/mol. The van der Waals surface area contributed by atoms with Crippen LogP contribution in [0.4, 0.5) is 4.39 Å². The van der Waals surface area contributed by atoms with E-state index < -0.39 is 21.1 Å². The summed E-state index contributed by atoms with van der Waals surface area (Å²) in [5, 5.41) is 2.36. The van der Waals surface area contributed by atoms with E-state index in [1.807, 2.05) is 13.8 Å². The molecule has 0 aromatic heterocycles. The second-order valence-electron chi connectivity index (χ2n) is 9.72. The molecule has 1 saturated carbocycles. The number of halogens is 1. The molecule has 1 aromatic carbocycles. The molecule has 1 N–H and O–H groups in total. The smallest absolute Gasteiger partial charge is 0.229 e. The molecule has 3 rings (SSSR count). The summed E-state index contributed by atoms with van der Waals surface area (Å²) < 4.78 is 45.2. The van der Waals surface area contributed by atoms with E-state index in [0.29, 0.717) is 32.3 Å². The number of carbonyl (C=O) groups is 2. The summed E-state index contributed by atoms with van der Waals surface area (Å²) in [7, 11) is -3.26. The molecule has 1 heterocycles. The summed E-state index contributed by atoms with van der Waals surface area (Å²) in [4.78, 5) is 23.0. The Morgan fingerprint density at radius 3 is 2.59 bits per heavy atom. The fourth-order valence-corrected chi connectivity index (χ4v) is 6.35. The van der Waals surface area contributed by atoms with Crippen LogP contribution < -0.4 is 10.1 Å². The monoisotopic (exact) mass is 467 g/mol. The van der Waals surface area contributed by atoms with Crippen molar-refractivity contribution in [2.75, 3.05) is 18.1 Å². The molecule has 1 atom stereocenters. The second-order valence-corrected chi connectivity index (χ2v) is 11.9. The number of hydrogen-bond acceptors (Lipinski definition) is 5. The minimum atomic E-state index is -3.26. The van der Waals surface area contributed by atoms with E-state index in [2.05, 4.69) is 5.32 Å². The third kappa shape index (κ3) is 6.77. The summed E-state index contributed by atoms with van der Waals surface area (Å²) in [6, 6.07) is 4.72. The Hall–Kier alpha value is -1.96. The first-order valence-corrected chi connectivity index (χ1v) is 13.4. The summed E-state index contributed by atoms with van der Waals surface area (Å²) in [6.45, 7) is 4.38. The van der Waals surface area contributed by atoms with Crippen molar-refractivity contribution < 1.29 is 27.1 Å². The SMILES string of the molecule is CC(C)COc1cc(C2(CS(=O)(=O)CCCCCC3CCC(=O)NC3=O)CC2)ccc1F. The highest BCUT2D eigenvalue weighted by molar-refractivity contribution is 7.91. The van der Waals surface area contributed by atoms with Crippen molar-refractivity contribution in [2.24, 2.45) is 11.8 Å². The minimum Gasteiger partial charge on any atom is -0.490 e. The molecule has 1 aromatic rings. The van der Waals surface area contributed by atoms with Crippen LogP contribution in [-0.2, 0) is 24.8 Å². The molecule has 2 fully saturated rings. The number of hydrogen-bond donors (Lipinski definition) is 1. The van der Waals surface area contributed by atoms with Gasteiger partial charge in [0.15, 0.2) is 21.4 Å². The number of sulfone groups is 1. The van der Waals surface area contributed by atoms with Gasteiger partial charge in [-0.25, -0.2) is 12.8 Å². The zero-order chi connectivity index (χ0) is 23.4. The van der Waals surface area contributed by atoms with Crippen LogP contribution >= 0.6 is 0 Å². The summed E-state index contributed by atoms with van der Waals surface area (Å²) >= 11 is 0. The van der Waals surface area contributed by atoms with Crippen molar-refractivity contribution in [1.82, 2.24) is 5.32 Å². The number of nitrogens with one attached hydrogen (secondary N) is 1. The van der Waals surface area contributed by atoms with Crippen molar-refractivity contribution in [3.8, 4) is 5.75 Å². The van der Waals surface area contributed by atoms with Gasteiger partial charge in [0.25, 0.3) is 0 Å². The molecule has 1 aliphatic carbocycles. The van der Waals surface area contributed by atoms with Crippen LogP contribution in [0.15, 0.2) is 18.2 Å². The Kier molecular flexibility index (Phi) is 7.96. The maximum Gasteiger partial charge on any atom is 0.229 e. The zero-order valence-corrected chi connectivity index (χ0v) is 19.8. The maximum atomic E-state index is 14.1.